The molecule has 7 nitrogen and oxygen atoms in total. The topological polar surface area (TPSA) is 84.3 Å². The molecular formula is C20H21ClN4O3S. The third-order valence-electron chi connectivity index (χ3n) is 4.37. The Labute approximate surface area is 175 Å². The minimum atomic E-state index is -3.67. The number of carbonyl (C=O) groups is 1. The molecule has 0 saturated heterocycles. The summed E-state index contributed by atoms with van der Waals surface area (Å²) in [5, 5.41) is 7.15. The first-order chi connectivity index (χ1) is 13.9. The van der Waals surface area contributed by atoms with Gasteiger partial charge in [-0.05, 0) is 36.4 Å². The molecule has 1 aromatic heterocycles. The number of aromatic nitrogens is 2. The van der Waals surface area contributed by atoms with Gasteiger partial charge in [-0.25, -0.2) is 13.1 Å². The molecule has 1 amide bonds. The number of rotatable bonds is 7. The van der Waals surface area contributed by atoms with Crippen LogP contribution in [-0.2, 0) is 10.0 Å². The molecule has 0 aliphatic heterocycles. The summed E-state index contributed by atoms with van der Waals surface area (Å²) >= 11 is 6.18. The zero-order valence-electron chi connectivity index (χ0n) is 16.0. The molecule has 9 heteroatoms. The second kappa shape index (κ2) is 8.77. The highest BCUT2D eigenvalue weighted by atomic mass is 35.5. The third kappa shape index (κ3) is 4.50. The predicted molar refractivity (Wildman–Crippen MR) is 113 cm³/mol. The molecule has 0 bridgehead atoms. The normalized spacial score (nSPS) is 11.6. The molecule has 0 radical (unpaired) electrons. The summed E-state index contributed by atoms with van der Waals surface area (Å²) in [7, 11) is -3.67. The highest BCUT2D eigenvalue weighted by Crippen LogP contribution is 2.27. The smallest absolute Gasteiger partial charge is 0.276 e. The molecule has 0 aliphatic carbocycles. The lowest BCUT2D eigenvalue weighted by Crippen LogP contribution is -2.30. The van der Waals surface area contributed by atoms with Crippen LogP contribution in [-0.4, -0.2) is 41.5 Å². The van der Waals surface area contributed by atoms with Gasteiger partial charge in [0, 0.05) is 19.3 Å². The lowest BCUT2D eigenvalue weighted by atomic mass is 10.3. The summed E-state index contributed by atoms with van der Waals surface area (Å²) in [6.07, 6.45) is 1.67. The molecule has 0 saturated carbocycles. The molecule has 29 heavy (non-hydrogen) atoms. The van der Waals surface area contributed by atoms with Gasteiger partial charge in [-0.15, -0.1) is 0 Å². The van der Waals surface area contributed by atoms with E-state index in [0.29, 0.717) is 13.1 Å². The molecule has 0 unspecified atom stereocenters. The van der Waals surface area contributed by atoms with Crippen LogP contribution in [0.15, 0.2) is 65.7 Å². The summed E-state index contributed by atoms with van der Waals surface area (Å²) in [6.45, 7) is 4.23. The molecule has 152 valence electrons. The van der Waals surface area contributed by atoms with Crippen molar-refractivity contribution in [2.45, 2.75) is 18.7 Å². The van der Waals surface area contributed by atoms with Gasteiger partial charge >= 0.3 is 0 Å². The van der Waals surface area contributed by atoms with Crippen molar-refractivity contribution in [3.8, 4) is 5.69 Å². The first-order valence-corrected chi connectivity index (χ1v) is 10.9. The predicted octanol–water partition coefficient (Wildman–Crippen LogP) is 3.81. The Kier molecular flexibility index (Phi) is 6.36. The van der Waals surface area contributed by atoms with Crippen LogP contribution in [0.2, 0.25) is 5.02 Å². The van der Waals surface area contributed by atoms with Crippen LogP contribution < -0.4 is 5.32 Å². The number of halogens is 1. The number of carbonyl (C=O) groups excluding carboxylic acids is 1. The van der Waals surface area contributed by atoms with Crippen molar-refractivity contribution in [3.05, 3.63) is 71.5 Å². The summed E-state index contributed by atoms with van der Waals surface area (Å²) in [5.41, 5.74) is 1.21. The Morgan fingerprint density at radius 3 is 2.45 bits per heavy atom. The number of nitrogens with one attached hydrogen (secondary N) is 1. The van der Waals surface area contributed by atoms with Crippen molar-refractivity contribution < 1.29 is 13.2 Å². The maximum absolute atomic E-state index is 12.7. The Hall–Kier alpha value is -2.68. The lowest BCUT2D eigenvalue weighted by Gasteiger charge is -2.19. The monoisotopic (exact) mass is 432 g/mol. The number of benzene rings is 2. The number of hydrogen-bond acceptors (Lipinski definition) is 4. The molecule has 0 fully saturated rings. The molecule has 1 N–H and O–H groups in total. The Bertz CT molecular complexity index is 1110. The Morgan fingerprint density at radius 2 is 1.79 bits per heavy atom. The van der Waals surface area contributed by atoms with Gasteiger partial charge in [-0.1, -0.05) is 43.6 Å². The van der Waals surface area contributed by atoms with Crippen molar-refractivity contribution in [2.75, 3.05) is 18.4 Å². The van der Waals surface area contributed by atoms with E-state index >= 15 is 0 Å². The van der Waals surface area contributed by atoms with Crippen LogP contribution in [0.3, 0.4) is 0 Å². The highest BCUT2D eigenvalue weighted by Gasteiger charge is 2.23. The first-order valence-electron chi connectivity index (χ1n) is 9.09. The molecule has 0 aliphatic rings. The van der Waals surface area contributed by atoms with Crippen LogP contribution >= 0.6 is 11.6 Å². The molecule has 0 spiro atoms. The molecular weight excluding hydrogens is 412 g/mol. The summed E-state index contributed by atoms with van der Waals surface area (Å²) < 4.78 is 28.4. The van der Waals surface area contributed by atoms with Gasteiger partial charge < -0.3 is 5.32 Å². The van der Waals surface area contributed by atoms with Gasteiger partial charge in [-0.3, -0.25) is 4.79 Å². The van der Waals surface area contributed by atoms with Crippen LogP contribution in [0, 0.1) is 0 Å². The average Bonchev–Trinajstić information content (AvgIpc) is 3.21. The van der Waals surface area contributed by atoms with Gasteiger partial charge in [0.05, 0.1) is 21.3 Å². The van der Waals surface area contributed by atoms with E-state index in [1.165, 1.54) is 22.5 Å². The fraction of sp³-hybridized carbons (Fsp3) is 0.200. The van der Waals surface area contributed by atoms with Crippen molar-refractivity contribution in [1.29, 1.82) is 0 Å². The number of anilines is 1. The van der Waals surface area contributed by atoms with E-state index in [-0.39, 0.29) is 21.3 Å². The second-order valence-electron chi connectivity index (χ2n) is 6.17. The summed E-state index contributed by atoms with van der Waals surface area (Å²) in [4.78, 5) is 12.7. The number of para-hydroxylation sites is 1. The van der Waals surface area contributed by atoms with E-state index in [4.69, 9.17) is 11.6 Å². The quantitative estimate of drug-likeness (QED) is 0.615. The molecule has 2 aromatic carbocycles. The largest absolute Gasteiger partial charge is 0.319 e. The fourth-order valence-corrected chi connectivity index (χ4v) is 4.48. The average molecular weight is 433 g/mol. The number of hydrogen-bond donors (Lipinski definition) is 1. The molecule has 3 rings (SSSR count). The van der Waals surface area contributed by atoms with Crippen LogP contribution in [0.4, 0.5) is 5.69 Å². The lowest BCUT2D eigenvalue weighted by molar-refractivity contribution is 0.102. The number of amides is 1. The maximum atomic E-state index is 12.7. The first kappa shape index (κ1) is 21.0. The SMILES string of the molecule is CCN(CC)S(=O)(=O)c1ccc(Cl)c(NC(=O)c2ccn(-c3ccccc3)n2)c1. The fourth-order valence-electron chi connectivity index (χ4n) is 2.83. The van der Waals surface area contributed by atoms with Gasteiger partial charge in [0.15, 0.2) is 5.69 Å². The minimum absolute atomic E-state index is 0.0655. The van der Waals surface area contributed by atoms with Crippen LogP contribution in [0.5, 0.6) is 0 Å². The van der Waals surface area contributed by atoms with Crippen LogP contribution in [0.25, 0.3) is 5.69 Å². The second-order valence-corrected chi connectivity index (χ2v) is 8.51. The van der Waals surface area contributed by atoms with E-state index in [2.05, 4.69) is 10.4 Å². The zero-order valence-corrected chi connectivity index (χ0v) is 17.6. The van der Waals surface area contributed by atoms with E-state index in [1.807, 2.05) is 30.3 Å². The molecule has 3 aromatic rings. The van der Waals surface area contributed by atoms with Gasteiger partial charge in [0.1, 0.15) is 0 Å². The van der Waals surface area contributed by atoms with Crippen molar-refractivity contribution in [2.24, 2.45) is 0 Å². The van der Waals surface area contributed by atoms with Gasteiger partial charge in [-0.2, -0.15) is 9.40 Å². The van der Waals surface area contributed by atoms with E-state index in [9.17, 15) is 13.2 Å². The van der Waals surface area contributed by atoms with Crippen molar-refractivity contribution >= 4 is 33.2 Å². The standard InChI is InChI=1S/C20H21ClN4O3S/c1-3-24(4-2)29(27,28)16-10-11-17(21)19(14-16)22-20(26)18-12-13-25(23-18)15-8-6-5-7-9-15/h5-14H,3-4H2,1-2H3,(H,22,26). The summed E-state index contributed by atoms with van der Waals surface area (Å²) in [6, 6.07) is 15.2. The van der Waals surface area contributed by atoms with Crippen molar-refractivity contribution in [1.82, 2.24) is 14.1 Å². The van der Waals surface area contributed by atoms with Gasteiger partial charge in [0.2, 0.25) is 10.0 Å². The maximum Gasteiger partial charge on any atom is 0.276 e. The summed E-state index contributed by atoms with van der Waals surface area (Å²) in [5.74, 6) is -0.487. The van der Waals surface area contributed by atoms with Gasteiger partial charge in [0.25, 0.3) is 5.91 Å². The minimum Gasteiger partial charge on any atom is -0.319 e. The Morgan fingerprint density at radius 1 is 1.10 bits per heavy atom. The highest BCUT2D eigenvalue weighted by molar-refractivity contribution is 7.89. The van der Waals surface area contributed by atoms with E-state index in [0.717, 1.165) is 5.69 Å². The zero-order chi connectivity index (χ0) is 21.0. The van der Waals surface area contributed by atoms with Crippen LogP contribution in [0.1, 0.15) is 24.3 Å². The van der Waals surface area contributed by atoms with E-state index < -0.39 is 15.9 Å². The molecule has 1 heterocycles. The Balaban J connectivity index is 1.85. The van der Waals surface area contributed by atoms with Crippen molar-refractivity contribution in [3.63, 3.8) is 0 Å². The number of nitrogens with zero attached hydrogens (tertiary/aromatic N) is 3. The molecule has 0 atom stereocenters. The number of sulfonamides is 1. The third-order valence-corrected chi connectivity index (χ3v) is 6.75. The van der Waals surface area contributed by atoms with E-state index in [1.54, 1.807) is 30.8 Å².